The number of ether oxygens (including phenoxy) is 1. The number of piperazine rings is 1. The van der Waals surface area contributed by atoms with E-state index in [2.05, 4.69) is 4.90 Å². The summed E-state index contributed by atoms with van der Waals surface area (Å²) in [6.07, 6.45) is 1.28. The van der Waals surface area contributed by atoms with E-state index in [1.807, 2.05) is 4.90 Å². The van der Waals surface area contributed by atoms with Gasteiger partial charge in [-0.25, -0.2) is 8.78 Å². The zero-order valence-corrected chi connectivity index (χ0v) is 11.7. The largest absolute Gasteiger partial charge is 0.461 e. The van der Waals surface area contributed by atoms with Crippen molar-refractivity contribution in [2.75, 3.05) is 37.6 Å². The average Bonchev–Trinajstić information content (AvgIpc) is 2.85. The predicted octanol–water partition coefficient (Wildman–Crippen LogP) is 1.79. The number of hydrogen-bond acceptors (Lipinski definition) is 4. The van der Waals surface area contributed by atoms with Crippen LogP contribution < -0.4 is 4.90 Å². The quantitative estimate of drug-likeness (QED) is 0.796. The van der Waals surface area contributed by atoms with Gasteiger partial charge in [-0.15, -0.1) is 0 Å². The van der Waals surface area contributed by atoms with E-state index in [4.69, 9.17) is 4.74 Å². The van der Waals surface area contributed by atoms with Crippen molar-refractivity contribution in [1.29, 1.82) is 0 Å². The number of hydrogen-bond donors (Lipinski definition) is 0. The van der Waals surface area contributed by atoms with Gasteiger partial charge in [0.1, 0.15) is 17.7 Å². The lowest BCUT2D eigenvalue weighted by Crippen LogP contribution is -2.48. The molecule has 4 nitrogen and oxygen atoms in total. The Morgan fingerprint density at radius 2 is 1.95 bits per heavy atom. The first kappa shape index (κ1) is 14.3. The van der Waals surface area contributed by atoms with E-state index in [0.29, 0.717) is 25.2 Å². The van der Waals surface area contributed by atoms with Crippen LogP contribution in [0.2, 0.25) is 0 Å². The summed E-state index contributed by atoms with van der Waals surface area (Å²) < 4.78 is 31.9. The van der Waals surface area contributed by atoms with Gasteiger partial charge in [0.25, 0.3) is 0 Å². The zero-order chi connectivity index (χ0) is 14.8. The second kappa shape index (κ2) is 5.97. The first-order valence-electron chi connectivity index (χ1n) is 7.23. The molecule has 2 aliphatic heterocycles. The molecule has 2 aliphatic rings. The van der Waals surface area contributed by atoms with Crippen LogP contribution in [0.3, 0.4) is 0 Å². The third kappa shape index (κ3) is 3.32. The molecule has 0 aliphatic carbocycles. The van der Waals surface area contributed by atoms with Gasteiger partial charge >= 0.3 is 5.97 Å². The standard InChI is InChI=1S/C15H18F2N2O2/c16-11-1-3-14(13(17)9-11)19-7-5-18(6-8-19)10-12-2-4-15(20)21-12/h1,3,9,12H,2,4-8,10H2/t12-/m0/s1. The molecule has 0 spiro atoms. The number of esters is 1. The Kier molecular flexibility index (Phi) is 4.05. The number of anilines is 1. The van der Waals surface area contributed by atoms with Crippen molar-refractivity contribution < 1.29 is 18.3 Å². The number of cyclic esters (lactones) is 1. The van der Waals surface area contributed by atoms with Crippen molar-refractivity contribution >= 4 is 11.7 Å². The molecule has 2 saturated heterocycles. The summed E-state index contributed by atoms with van der Waals surface area (Å²) in [6, 6.07) is 3.68. The van der Waals surface area contributed by atoms with Crippen molar-refractivity contribution in [2.24, 2.45) is 0 Å². The van der Waals surface area contributed by atoms with Gasteiger partial charge < -0.3 is 9.64 Å². The van der Waals surface area contributed by atoms with E-state index in [1.54, 1.807) is 0 Å². The number of carbonyl (C=O) groups is 1. The first-order chi connectivity index (χ1) is 10.1. The minimum atomic E-state index is -0.557. The molecule has 114 valence electrons. The van der Waals surface area contributed by atoms with E-state index in [0.717, 1.165) is 32.1 Å². The van der Waals surface area contributed by atoms with E-state index >= 15 is 0 Å². The van der Waals surface area contributed by atoms with Gasteiger partial charge in [0.15, 0.2) is 0 Å². The fourth-order valence-corrected chi connectivity index (χ4v) is 2.91. The van der Waals surface area contributed by atoms with Crippen molar-refractivity contribution in [3.05, 3.63) is 29.8 Å². The summed E-state index contributed by atoms with van der Waals surface area (Å²) in [7, 11) is 0. The van der Waals surface area contributed by atoms with Crippen LogP contribution in [0.5, 0.6) is 0 Å². The van der Waals surface area contributed by atoms with Crippen LogP contribution in [0.25, 0.3) is 0 Å². The first-order valence-corrected chi connectivity index (χ1v) is 7.23. The van der Waals surface area contributed by atoms with Crippen LogP contribution in [0.4, 0.5) is 14.5 Å². The maximum Gasteiger partial charge on any atom is 0.306 e. The maximum absolute atomic E-state index is 13.7. The lowest BCUT2D eigenvalue weighted by atomic mass is 10.2. The van der Waals surface area contributed by atoms with Crippen LogP contribution in [0, 0.1) is 11.6 Å². The Labute approximate surface area is 122 Å². The van der Waals surface area contributed by atoms with Crippen LogP contribution in [0.1, 0.15) is 12.8 Å². The van der Waals surface area contributed by atoms with Crippen molar-refractivity contribution in [3.8, 4) is 0 Å². The molecule has 0 bridgehead atoms. The zero-order valence-electron chi connectivity index (χ0n) is 11.7. The minimum Gasteiger partial charge on any atom is -0.461 e. The summed E-state index contributed by atoms with van der Waals surface area (Å²) in [6.45, 7) is 3.67. The van der Waals surface area contributed by atoms with E-state index in [1.165, 1.54) is 12.1 Å². The fraction of sp³-hybridized carbons (Fsp3) is 0.533. The van der Waals surface area contributed by atoms with Gasteiger partial charge in [-0.3, -0.25) is 9.69 Å². The maximum atomic E-state index is 13.7. The van der Waals surface area contributed by atoms with Crippen molar-refractivity contribution in [2.45, 2.75) is 18.9 Å². The van der Waals surface area contributed by atoms with E-state index in [9.17, 15) is 13.6 Å². The molecule has 21 heavy (non-hydrogen) atoms. The lowest BCUT2D eigenvalue weighted by Gasteiger charge is -2.36. The van der Waals surface area contributed by atoms with Crippen LogP contribution >= 0.6 is 0 Å². The predicted molar refractivity (Wildman–Crippen MR) is 74.1 cm³/mol. The second-order valence-corrected chi connectivity index (χ2v) is 5.53. The molecule has 0 N–H and O–H groups in total. The summed E-state index contributed by atoms with van der Waals surface area (Å²) >= 11 is 0. The van der Waals surface area contributed by atoms with Crippen LogP contribution in [-0.4, -0.2) is 49.7 Å². The van der Waals surface area contributed by atoms with Crippen molar-refractivity contribution in [1.82, 2.24) is 4.90 Å². The van der Waals surface area contributed by atoms with Gasteiger partial charge in [-0.1, -0.05) is 0 Å². The van der Waals surface area contributed by atoms with Gasteiger partial charge in [0.2, 0.25) is 0 Å². The molecule has 0 radical (unpaired) electrons. The summed E-state index contributed by atoms with van der Waals surface area (Å²) in [5, 5.41) is 0. The molecule has 2 heterocycles. The SMILES string of the molecule is O=C1CC[C@@H](CN2CCN(c3ccc(F)cc3F)CC2)O1. The Balaban J connectivity index is 1.54. The van der Waals surface area contributed by atoms with Crippen LogP contribution in [-0.2, 0) is 9.53 Å². The Morgan fingerprint density at radius 3 is 2.57 bits per heavy atom. The number of carbonyl (C=O) groups excluding carboxylic acids is 1. The minimum absolute atomic E-state index is 0.00777. The summed E-state index contributed by atoms with van der Waals surface area (Å²) in [5.74, 6) is -1.20. The molecule has 1 aromatic rings. The van der Waals surface area contributed by atoms with E-state index < -0.39 is 11.6 Å². The molecule has 0 saturated carbocycles. The van der Waals surface area contributed by atoms with Gasteiger partial charge in [0.05, 0.1) is 5.69 Å². The Hall–Kier alpha value is -1.69. The monoisotopic (exact) mass is 296 g/mol. The van der Waals surface area contributed by atoms with Gasteiger partial charge in [-0.05, 0) is 18.6 Å². The number of benzene rings is 1. The topological polar surface area (TPSA) is 32.8 Å². The smallest absolute Gasteiger partial charge is 0.306 e. The fourth-order valence-electron chi connectivity index (χ4n) is 2.91. The Bertz CT molecular complexity index is 530. The number of halogens is 2. The van der Waals surface area contributed by atoms with Crippen LogP contribution in [0.15, 0.2) is 18.2 Å². The molecular formula is C15H18F2N2O2. The summed E-state index contributed by atoms with van der Waals surface area (Å²) in [4.78, 5) is 15.2. The highest BCUT2D eigenvalue weighted by atomic mass is 19.1. The Morgan fingerprint density at radius 1 is 1.19 bits per heavy atom. The molecule has 3 rings (SSSR count). The molecule has 0 aromatic heterocycles. The summed E-state index contributed by atoms with van der Waals surface area (Å²) in [5.41, 5.74) is 0.448. The molecule has 1 atom stereocenters. The van der Waals surface area contributed by atoms with Gasteiger partial charge in [-0.2, -0.15) is 0 Å². The molecule has 6 heteroatoms. The number of rotatable bonds is 3. The third-order valence-electron chi connectivity index (χ3n) is 4.05. The highest BCUT2D eigenvalue weighted by molar-refractivity contribution is 5.71. The highest BCUT2D eigenvalue weighted by Crippen LogP contribution is 2.22. The van der Waals surface area contributed by atoms with E-state index in [-0.39, 0.29) is 12.1 Å². The normalized spacial score (nSPS) is 23.4. The van der Waals surface area contributed by atoms with Gasteiger partial charge in [0, 0.05) is 45.2 Å². The molecule has 2 fully saturated rings. The average molecular weight is 296 g/mol. The second-order valence-electron chi connectivity index (χ2n) is 5.53. The van der Waals surface area contributed by atoms with Crippen molar-refractivity contribution in [3.63, 3.8) is 0 Å². The molecule has 0 unspecified atom stereocenters. The highest BCUT2D eigenvalue weighted by Gasteiger charge is 2.27. The lowest BCUT2D eigenvalue weighted by molar-refractivity contribution is -0.142. The molecular weight excluding hydrogens is 278 g/mol. The molecule has 0 amide bonds. The molecule has 1 aromatic carbocycles. The third-order valence-corrected chi connectivity index (χ3v) is 4.05. The number of nitrogens with zero attached hydrogens (tertiary/aromatic N) is 2.